The van der Waals surface area contributed by atoms with Crippen molar-refractivity contribution in [1.29, 1.82) is 10.5 Å². The monoisotopic (exact) mass is 916 g/mol. The molecule has 0 radical (unpaired) electrons. The topological polar surface area (TPSA) is 60.7 Å². The molecule has 1 aliphatic carbocycles. The molecule has 0 amide bonds. The number of allylic oxidation sites excluding steroid dienone is 2. The maximum atomic E-state index is 10.9. The van der Waals surface area contributed by atoms with Gasteiger partial charge in [-0.2, -0.15) is 10.5 Å². The van der Waals surface area contributed by atoms with Crippen LogP contribution in [0.3, 0.4) is 0 Å². The number of nitriles is 2. The molecule has 0 aromatic heterocycles. The standard InChI is InChI=1S/C65H65N5/c1-61(2,3)53-26-41-19-46(34-53)52(40-67)25-42-21-48(36-55(27-42)63(7,8)9)59(69-17)32-44-23-50(38-57(29-44)65(13,14)15)60(70-18)33-45-22-49(37-56(30-45)64(10,11)12)58(68-16)31-43-20-47(51(24-41)39-66)35-54(28-43)62(4,5)6/h19-38H,1-15H3/b51-24+,52-25?,58-31-,59-32-,60-33-. The Bertz CT molecular complexity index is 2790. The van der Waals surface area contributed by atoms with E-state index in [2.05, 4.69) is 191 Å². The molecule has 0 saturated heterocycles. The van der Waals surface area contributed by atoms with E-state index in [-0.39, 0.29) is 27.1 Å². The zero-order chi connectivity index (χ0) is 51.7. The largest absolute Gasteiger partial charge is 0.238 e. The third kappa shape index (κ3) is 12.1. The zero-order valence-corrected chi connectivity index (χ0v) is 43.8. The van der Waals surface area contributed by atoms with E-state index < -0.39 is 0 Å². The van der Waals surface area contributed by atoms with Crippen LogP contribution >= 0.6 is 0 Å². The Morgan fingerprint density at radius 3 is 0.700 bits per heavy atom. The van der Waals surface area contributed by atoms with Crippen LogP contribution in [0.2, 0.25) is 0 Å². The Morgan fingerprint density at radius 2 is 0.500 bits per heavy atom. The van der Waals surface area contributed by atoms with Crippen LogP contribution in [-0.4, -0.2) is 0 Å². The summed E-state index contributed by atoms with van der Waals surface area (Å²) >= 11 is 0. The molecule has 0 fully saturated rings. The third-order valence-corrected chi connectivity index (χ3v) is 12.8. The van der Waals surface area contributed by atoms with Crippen molar-refractivity contribution in [1.82, 2.24) is 0 Å². The SMILES string of the molecule is [C-]#[N+]/C1=C\c2cc(cc(C(C)(C)C)c2)/C([N+]#[C-])=C/c2cc(cc(C(C)(C)C)c2)/C([N+]#[C-])=C/c2cc(cc(C(C)(C)C)c2)/C(C#N)=C/c2cc(cc(C(C)(C)C)c2)C(C#N)=Cc2cc1cc(C(C)(C)C)c2. The molecule has 0 spiro atoms. The summed E-state index contributed by atoms with van der Waals surface area (Å²) in [5.41, 5.74) is 13.4. The molecule has 0 heterocycles. The van der Waals surface area contributed by atoms with Gasteiger partial charge in [0.15, 0.2) is 17.1 Å². The summed E-state index contributed by atoms with van der Waals surface area (Å²) in [5.74, 6) is 0. The predicted molar refractivity (Wildman–Crippen MR) is 296 cm³/mol. The van der Waals surface area contributed by atoms with Gasteiger partial charge in [-0.05, 0) is 165 Å². The molecule has 0 N–H and O–H groups in total. The van der Waals surface area contributed by atoms with E-state index in [1.807, 2.05) is 60.7 Å². The van der Waals surface area contributed by atoms with Crippen LogP contribution in [0.5, 0.6) is 0 Å². The van der Waals surface area contributed by atoms with Crippen LogP contribution in [0.15, 0.2) is 91.0 Å². The summed E-state index contributed by atoms with van der Waals surface area (Å²) in [5, 5.41) is 21.9. The number of hydrogen-bond acceptors (Lipinski definition) is 2. The second-order valence-electron chi connectivity index (χ2n) is 23.7. The van der Waals surface area contributed by atoms with Crippen molar-refractivity contribution < 1.29 is 0 Å². The molecule has 5 nitrogen and oxygen atoms in total. The van der Waals surface area contributed by atoms with Gasteiger partial charge in [-0.25, -0.2) is 14.5 Å². The van der Waals surface area contributed by atoms with Crippen LogP contribution in [-0.2, 0) is 27.1 Å². The highest BCUT2D eigenvalue weighted by molar-refractivity contribution is 5.96. The minimum atomic E-state index is -0.290. The van der Waals surface area contributed by atoms with Gasteiger partial charge in [-0.15, -0.1) is 0 Å². The Morgan fingerprint density at radius 1 is 0.300 bits per heavy atom. The van der Waals surface area contributed by atoms with Gasteiger partial charge in [0.25, 0.3) is 0 Å². The van der Waals surface area contributed by atoms with Crippen molar-refractivity contribution in [3.8, 4) is 12.1 Å². The fourth-order valence-electron chi connectivity index (χ4n) is 8.30. The van der Waals surface area contributed by atoms with Crippen molar-refractivity contribution in [2.24, 2.45) is 0 Å². The van der Waals surface area contributed by atoms with Crippen molar-refractivity contribution >= 4 is 58.6 Å². The second kappa shape index (κ2) is 19.3. The minimum Gasteiger partial charge on any atom is -0.238 e. The van der Waals surface area contributed by atoms with E-state index in [1.165, 1.54) is 0 Å². The van der Waals surface area contributed by atoms with Gasteiger partial charge in [-0.3, -0.25) is 0 Å². The summed E-state index contributed by atoms with van der Waals surface area (Å²) in [6, 6.07) is 35.7. The average Bonchev–Trinajstić information content (AvgIpc) is 3.27. The fraction of sp³-hybridized carbons (Fsp3) is 0.308. The Kier molecular flexibility index (Phi) is 14.3. The van der Waals surface area contributed by atoms with Crippen LogP contribution < -0.4 is 0 Å². The lowest BCUT2D eigenvalue weighted by Gasteiger charge is -2.22. The van der Waals surface area contributed by atoms with Gasteiger partial charge in [0.05, 0.1) is 43.0 Å². The first kappa shape index (κ1) is 51.6. The summed E-state index contributed by atoms with van der Waals surface area (Å²) in [6.07, 6.45) is 9.49. The molecule has 6 rings (SSSR count). The van der Waals surface area contributed by atoms with E-state index in [9.17, 15) is 10.5 Å². The average molecular weight is 916 g/mol. The number of hydrogen-bond donors (Lipinski definition) is 0. The van der Waals surface area contributed by atoms with Crippen LogP contribution in [0.1, 0.15) is 187 Å². The Hall–Kier alpha value is -7.75. The molecular weight excluding hydrogens is 851 g/mol. The molecule has 350 valence electrons. The van der Waals surface area contributed by atoms with E-state index in [0.717, 1.165) is 77.9 Å². The quantitative estimate of drug-likeness (QED) is 0.145. The zero-order valence-electron chi connectivity index (χ0n) is 43.8. The summed E-state index contributed by atoms with van der Waals surface area (Å²) in [6.45, 7) is 57.8. The van der Waals surface area contributed by atoms with Gasteiger partial charge in [0.1, 0.15) is 0 Å². The van der Waals surface area contributed by atoms with Crippen molar-refractivity contribution in [2.45, 2.75) is 131 Å². The highest BCUT2D eigenvalue weighted by atomic mass is 14.7. The van der Waals surface area contributed by atoms with E-state index in [4.69, 9.17) is 19.7 Å². The summed E-state index contributed by atoms with van der Waals surface area (Å²) in [4.78, 5) is 12.4. The molecule has 5 heteroatoms. The van der Waals surface area contributed by atoms with E-state index in [1.54, 1.807) is 0 Å². The number of fused-ring (bicyclic) bond motifs is 10. The smallest absolute Gasteiger partial charge is 0.194 e. The van der Waals surface area contributed by atoms with Gasteiger partial charge >= 0.3 is 0 Å². The lowest BCUT2D eigenvalue weighted by Crippen LogP contribution is -2.12. The lowest BCUT2D eigenvalue weighted by molar-refractivity contribution is 0.589. The number of rotatable bonds is 0. The van der Waals surface area contributed by atoms with Gasteiger partial charge in [-0.1, -0.05) is 171 Å². The first-order chi connectivity index (χ1) is 32.5. The van der Waals surface area contributed by atoms with Crippen LogP contribution in [0.4, 0.5) is 0 Å². The predicted octanol–water partition coefficient (Wildman–Crippen LogP) is 17.9. The normalized spacial score (nSPS) is 16.7. The Balaban J connectivity index is 1.80. The second-order valence-corrected chi connectivity index (χ2v) is 23.7. The fourth-order valence-corrected chi connectivity index (χ4v) is 8.30. The minimum absolute atomic E-state index is 0.282. The highest BCUT2D eigenvalue weighted by Gasteiger charge is 2.23. The van der Waals surface area contributed by atoms with Crippen molar-refractivity contribution in [3.63, 3.8) is 0 Å². The maximum Gasteiger partial charge on any atom is 0.194 e. The van der Waals surface area contributed by atoms with Gasteiger partial charge in [0.2, 0.25) is 0 Å². The molecule has 0 atom stereocenters. The van der Waals surface area contributed by atoms with Crippen molar-refractivity contribution in [2.75, 3.05) is 0 Å². The van der Waals surface area contributed by atoms with Gasteiger partial charge in [0, 0.05) is 0 Å². The molecule has 0 aliphatic heterocycles. The lowest BCUT2D eigenvalue weighted by atomic mass is 9.82. The molecule has 5 aromatic rings. The van der Waals surface area contributed by atoms with E-state index in [0.29, 0.717) is 33.8 Å². The number of nitrogens with zero attached hydrogens (tertiary/aromatic N) is 5. The molecule has 1 aliphatic rings. The number of benzene rings is 5. The molecule has 10 bridgehead atoms. The maximum absolute atomic E-state index is 10.9. The summed E-state index contributed by atoms with van der Waals surface area (Å²) in [7, 11) is 0. The molecule has 5 aromatic carbocycles. The van der Waals surface area contributed by atoms with E-state index >= 15 is 0 Å². The molecular formula is C65H65N5. The third-order valence-electron chi connectivity index (χ3n) is 12.8. The van der Waals surface area contributed by atoms with Gasteiger partial charge < -0.3 is 0 Å². The summed E-state index contributed by atoms with van der Waals surface area (Å²) < 4.78 is 0. The molecule has 0 saturated carbocycles. The highest BCUT2D eigenvalue weighted by Crippen LogP contribution is 2.38. The Labute approximate surface area is 419 Å². The first-order valence-corrected chi connectivity index (χ1v) is 23.8. The first-order valence-electron chi connectivity index (χ1n) is 23.8. The van der Waals surface area contributed by atoms with Crippen molar-refractivity contribution in [3.05, 3.63) is 209 Å². The molecule has 70 heavy (non-hydrogen) atoms. The molecule has 0 unspecified atom stereocenters. The van der Waals surface area contributed by atoms with Crippen LogP contribution in [0.25, 0.3) is 73.2 Å². The van der Waals surface area contributed by atoms with Crippen LogP contribution in [0, 0.1) is 42.4 Å².